The van der Waals surface area contributed by atoms with Crippen LogP contribution >= 0.6 is 0 Å². The van der Waals surface area contributed by atoms with Crippen molar-refractivity contribution in [2.24, 2.45) is 0 Å². The smallest absolute Gasteiger partial charge is 0.186 e. The third kappa shape index (κ3) is 2.35. The monoisotopic (exact) mass is 202 g/mol. The maximum atomic E-state index is 10.6. The molecule has 72 valence electrons. The normalized spacial score (nSPS) is 12.8. The summed E-state index contributed by atoms with van der Waals surface area (Å²) in [5.41, 5.74) is 1.04. The molecule has 0 saturated heterocycles. The topological polar surface area (TPSA) is 77.8 Å². The van der Waals surface area contributed by atoms with E-state index in [-0.39, 0.29) is 18.1 Å². The fourth-order valence-corrected chi connectivity index (χ4v) is 1.44. The van der Waals surface area contributed by atoms with Crippen molar-refractivity contribution in [1.82, 2.24) is 0 Å². The SMILES string of the molecule is O=S(O)c1ccc(CO)c(CO)c1. The fourth-order valence-electron chi connectivity index (χ4n) is 1.01. The lowest BCUT2D eigenvalue weighted by Gasteiger charge is -2.05. The zero-order chi connectivity index (χ0) is 9.84. The first-order chi connectivity index (χ1) is 6.19. The summed E-state index contributed by atoms with van der Waals surface area (Å²) in [5, 5.41) is 17.7. The zero-order valence-electron chi connectivity index (χ0n) is 6.80. The minimum atomic E-state index is -2.04. The zero-order valence-corrected chi connectivity index (χ0v) is 7.62. The molecule has 1 aromatic rings. The third-order valence-corrected chi connectivity index (χ3v) is 2.38. The van der Waals surface area contributed by atoms with Crippen LogP contribution in [0, 0.1) is 0 Å². The first kappa shape index (κ1) is 10.3. The van der Waals surface area contributed by atoms with E-state index in [0.29, 0.717) is 11.1 Å². The van der Waals surface area contributed by atoms with Crippen molar-refractivity contribution >= 4 is 11.1 Å². The molecule has 1 atom stereocenters. The summed E-state index contributed by atoms with van der Waals surface area (Å²) in [6.07, 6.45) is 0. The highest BCUT2D eigenvalue weighted by Gasteiger charge is 2.05. The number of aliphatic hydroxyl groups excluding tert-OH is 2. The fraction of sp³-hybridized carbons (Fsp3) is 0.250. The van der Waals surface area contributed by atoms with Crippen molar-refractivity contribution in [3.05, 3.63) is 29.3 Å². The lowest BCUT2D eigenvalue weighted by molar-refractivity contribution is 0.259. The van der Waals surface area contributed by atoms with Gasteiger partial charge in [-0.15, -0.1) is 0 Å². The van der Waals surface area contributed by atoms with Gasteiger partial charge in [0.15, 0.2) is 11.1 Å². The summed E-state index contributed by atoms with van der Waals surface area (Å²) >= 11 is -2.04. The van der Waals surface area contributed by atoms with Crippen molar-refractivity contribution in [1.29, 1.82) is 0 Å². The highest BCUT2D eigenvalue weighted by Crippen LogP contribution is 2.14. The minimum absolute atomic E-state index is 0.186. The van der Waals surface area contributed by atoms with Gasteiger partial charge in [0.25, 0.3) is 0 Å². The lowest BCUT2D eigenvalue weighted by Crippen LogP contribution is -1.97. The molecule has 1 unspecified atom stereocenters. The van der Waals surface area contributed by atoms with Crippen molar-refractivity contribution in [2.45, 2.75) is 18.1 Å². The van der Waals surface area contributed by atoms with E-state index in [0.717, 1.165) is 0 Å². The summed E-state index contributed by atoms with van der Waals surface area (Å²) < 4.78 is 19.4. The summed E-state index contributed by atoms with van der Waals surface area (Å²) in [5.74, 6) is 0. The van der Waals surface area contributed by atoms with Crippen molar-refractivity contribution < 1.29 is 19.0 Å². The molecule has 0 heterocycles. The van der Waals surface area contributed by atoms with Crippen LogP contribution in [0.25, 0.3) is 0 Å². The van der Waals surface area contributed by atoms with E-state index in [4.69, 9.17) is 14.8 Å². The van der Waals surface area contributed by atoms with Crippen LogP contribution in [0.5, 0.6) is 0 Å². The van der Waals surface area contributed by atoms with Crippen LogP contribution in [0.1, 0.15) is 11.1 Å². The molecule has 0 aliphatic heterocycles. The van der Waals surface area contributed by atoms with Gasteiger partial charge in [-0.1, -0.05) is 6.07 Å². The maximum absolute atomic E-state index is 10.6. The largest absolute Gasteiger partial charge is 0.392 e. The Morgan fingerprint density at radius 3 is 2.23 bits per heavy atom. The molecule has 5 heteroatoms. The Morgan fingerprint density at radius 2 is 1.77 bits per heavy atom. The molecule has 0 aromatic heterocycles. The molecule has 0 aliphatic rings. The van der Waals surface area contributed by atoms with Gasteiger partial charge in [-0.3, -0.25) is 0 Å². The Labute approximate surface area is 78.1 Å². The van der Waals surface area contributed by atoms with Gasteiger partial charge in [-0.05, 0) is 23.3 Å². The van der Waals surface area contributed by atoms with Crippen molar-refractivity contribution in [2.75, 3.05) is 0 Å². The molecule has 0 amide bonds. The number of rotatable bonds is 3. The number of hydrogen-bond acceptors (Lipinski definition) is 3. The van der Waals surface area contributed by atoms with Gasteiger partial charge in [0, 0.05) is 0 Å². The highest BCUT2D eigenvalue weighted by molar-refractivity contribution is 7.79. The summed E-state index contributed by atoms with van der Waals surface area (Å²) in [6.45, 7) is -0.435. The average Bonchev–Trinajstić information content (AvgIpc) is 2.16. The second-order valence-corrected chi connectivity index (χ2v) is 3.47. The van der Waals surface area contributed by atoms with Crippen LogP contribution in [-0.2, 0) is 24.3 Å². The molecular formula is C8H10O4S. The van der Waals surface area contributed by atoms with Gasteiger partial charge in [0.05, 0.1) is 18.1 Å². The van der Waals surface area contributed by atoms with E-state index in [1.807, 2.05) is 0 Å². The van der Waals surface area contributed by atoms with Gasteiger partial charge in [-0.2, -0.15) is 0 Å². The van der Waals surface area contributed by atoms with Gasteiger partial charge < -0.3 is 14.8 Å². The van der Waals surface area contributed by atoms with Crippen LogP contribution in [-0.4, -0.2) is 19.0 Å². The molecule has 0 bridgehead atoms. The molecule has 13 heavy (non-hydrogen) atoms. The van der Waals surface area contributed by atoms with Crippen LogP contribution < -0.4 is 0 Å². The number of hydrogen-bond donors (Lipinski definition) is 3. The lowest BCUT2D eigenvalue weighted by atomic mass is 10.1. The molecule has 0 radical (unpaired) electrons. The van der Waals surface area contributed by atoms with E-state index in [9.17, 15) is 4.21 Å². The van der Waals surface area contributed by atoms with E-state index in [2.05, 4.69) is 0 Å². The van der Waals surface area contributed by atoms with Crippen LogP contribution in [0.3, 0.4) is 0 Å². The van der Waals surface area contributed by atoms with Crippen molar-refractivity contribution in [3.8, 4) is 0 Å². The molecule has 0 fully saturated rings. The molecule has 0 saturated carbocycles. The maximum Gasteiger partial charge on any atom is 0.186 e. The quantitative estimate of drug-likeness (QED) is 0.614. The molecule has 4 nitrogen and oxygen atoms in total. The predicted molar refractivity (Wildman–Crippen MR) is 47.3 cm³/mol. The first-order valence-electron chi connectivity index (χ1n) is 3.63. The Hall–Kier alpha value is -0.750. The van der Waals surface area contributed by atoms with Gasteiger partial charge >= 0.3 is 0 Å². The summed E-state index contributed by atoms with van der Waals surface area (Å²) in [4.78, 5) is 0.223. The van der Waals surface area contributed by atoms with Crippen LogP contribution in [0.15, 0.2) is 23.1 Å². The van der Waals surface area contributed by atoms with Crippen LogP contribution in [0.4, 0.5) is 0 Å². The summed E-state index contributed by atoms with van der Waals surface area (Å²) in [6, 6.07) is 4.37. The van der Waals surface area contributed by atoms with Crippen LogP contribution in [0.2, 0.25) is 0 Å². The Kier molecular flexibility index (Phi) is 3.56. The minimum Gasteiger partial charge on any atom is -0.392 e. The third-order valence-electron chi connectivity index (χ3n) is 1.72. The van der Waals surface area contributed by atoms with E-state index in [1.165, 1.54) is 18.2 Å². The van der Waals surface area contributed by atoms with E-state index < -0.39 is 11.1 Å². The predicted octanol–water partition coefficient (Wildman–Crippen LogP) is 0.252. The van der Waals surface area contributed by atoms with Gasteiger partial charge in [-0.25, -0.2) is 4.21 Å². The molecular weight excluding hydrogens is 192 g/mol. The molecule has 1 aromatic carbocycles. The Balaban J connectivity index is 3.13. The standard InChI is InChI=1S/C8H10O4S/c9-4-6-1-2-8(13(11)12)3-7(6)5-10/h1-3,9-10H,4-5H2,(H,11,12). The Morgan fingerprint density at radius 1 is 1.15 bits per heavy atom. The highest BCUT2D eigenvalue weighted by atomic mass is 32.2. The summed E-state index contributed by atoms with van der Waals surface area (Å²) in [7, 11) is 0. The average molecular weight is 202 g/mol. The van der Waals surface area contributed by atoms with E-state index >= 15 is 0 Å². The number of aliphatic hydroxyl groups is 2. The first-order valence-corrected chi connectivity index (χ1v) is 4.74. The molecule has 0 spiro atoms. The van der Waals surface area contributed by atoms with Crippen molar-refractivity contribution in [3.63, 3.8) is 0 Å². The van der Waals surface area contributed by atoms with Gasteiger partial charge in [0.2, 0.25) is 0 Å². The number of benzene rings is 1. The molecule has 1 rings (SSSR count). The van der Waals surface area contributed by atoms with E-state index in [1.54, 1.807) is 0 Å². The second kappa shape index (κ2) is 4.48. The molecule has 0 aliphatic carbocycles. The van der Waals surface area contributed by atoms with Gasteiger partial charge in [0.1, 0.15) is 0 Å². The Bertz CT molecular complexity index is 324. The molecule has 3 N–H and O–H groups in total. The second-order valence-electron chi connectivity index (χ2n) is 2.50.